The molecule has 0 radical (unpaired) electrons. The quantitative estimate of drug-likeness (QED) is 0.299. The van der Waals surface area contributed by atoms with Gasteiger partial charge in [0.1, 0.15) is 18.9 Å². The monoisotopic (exact) mass is 503 g/mol. The van der Waals surface area contributed by atoms with Crippen LogP contribution in [0.3, 0.4) is 0 Å². The van der Waals surface area contributed by atoms with E-state index < -0.39 is 0 Å². The van der Waals surface area contributed by atoms with E-state index >= 15 is 0 Å². The maximum atomic E-state index is 6.20. The molecule has 0 bridgehead atoms. The molecule has 2 aliphatic rings. The van der Waals surface area contributed by atoms with Gasteiger partial charge in [-0.25, -0.2) is 0 Å². The molecular formula is C29H33N3OS2. The van der Waals surface area contributed by atoms with E-state index in [9.17, 15) is 0 Å². The molecule has 1 aliphatic heterocycles. The summed E-state index contributed by atoms with van der Waals surface area (Å²) in [6, 6.07) is 13.0. The number of fused-ring (bicyclic) bond motifs is 1. The highest BCUT2D eigenvalue weighted by atomic mass is 32.1. The standard InChI is InChI=1S/C29H31N3OS.H2S/c1-3-7-24(16-25-17-30-32-31-25)22-10-12-26(13-11-22)33-18-21-14-20(2)29-27(15-21)28(19-34-29)23-8-5-4-6-9-23;/h10-15,19,23-24H,4-6,8-9,16-18H2,1-2H3;1H2/t24-;/m0./s1. The van der Waals surface area contributed by atoms with Gasteiger partial charge in [-0.15, -0.1) is 22.4 Å². The van der Waals surface area contributed by atoms with Crippen molar-refractivity contribution in [2.45, 2.75) is 70.8 Å². The van der Waals surface area contributed by atoms with Crippen LogP contribution in [0.2, 0.25) is 0 Å². The van der Waals surface area contributed by atoms with Crippen LogP contribution >= 0.6 is 24.8 Å². The Balaban J connectivity index is 0.00000289. The van der Waals surface area contributed by atoms with Gasteiger partial charge in [0.05, 0.1) is 11.6 Å². The van der Waals surface area contributed by atoms with Crippen LogP contribution in [0.15, 0.2) is 57.2 Å². The lowest BCUT2D eigenvalue weighted by Gasteiger charge is -2.21. The average Bonchev–Trinajstić information content (AvgIpc) is 3.54. The summed E-state index contributed by atoms with van der Waals surface area (Å²) in [5.74, 6) is 8.06. The Morgan fingerprint density at radius 3 is 2.63 bits per heavy atom. The van der Waals surface area contributed by atoms with Crippen LogP contribution in [0.4, 0.5) is 0 Å². The number of ether oxygens (including phenoxy) is 1. The second kappa shape index (κ2) is 11.9. The third-order valence-corrected chi connectivity index (χ3v) is 8.09. The van der Waals surface area contributed by atoms with Crippen molar-refractivity contribution < 1.29 is 4.74 Å². The third-order valence-electron chi connectivity index (χ3n) is 6.94. The minimum Gasteiger partial charge on any atom is -0.489 e. The number of hydrogen-bond acceptors (Lipinski definition) is 5. The summed E-state index contributed by atoms with van der Waals surface area (Å²) in [7, 11) is 0. The fourth-order valence-corrected chi connectivity index (χ4v) is 6.30. The highest BCUT2D eigenvalue weighted by Crippen LogP contribution is 2.40. The van der Waals surface area contributed by atoms with E-state index in [4.69, 9.17) is 4.74 Å². The summed E-state index contributed by atoms with van der Waals surface area (Å²) in [5, 5.41) is 15.6. The summed E-state index contributed by atoms with van der Waals surface area (Å²) in [6.07, 6.45) is 7.54. The predicted octanol–water partition coefficient (Wildman–Crippen LogP) is 8.27. The van der Waals surface area contributed by atoms with Gasteiger partial charge in [0.15, 0.2) is 0 Å². The largest absolute Gasteiger partial charge is 0.489 e. The zero-order valence-electron chi connectivity index (χ0n) is 20.5. The van der Waals surface area contributed by atoms with Crippen molar-refractivity contribution in [1.82, 2.24) is 0 Å². The van der Waals surface area contributed by atoms with Crippen molar-refractivity contribution in [3.05, 3.63) is 64.0 Å². The van der Waals surface area contributed by atoms with Gasteiger partial charge in [-0.1, -0.05) is 43.4 Å². The van der Waals surface area contributed by atoms with E-state index in [1.807, 2.05) is 30.4 Å². The lowest BCUT2D eigenvalue weighted by atomic mass is 9.83. The molecule has 2 aromatic carbocycles. The van der Waals surface area contributed by atoms with E-state index in [0.717, 1.165) is 23.8 Å². The lowest BCUT2D eigenvalue weighted by molar-refractivity contribution is 0.306. The van der Waals surface area contributed by atoms with Crippen LogP contribution in [-0.4, -0.2) is 12.3 Å². The number of rotatable bonds is 7. The first kappa shape index (κ1) is 25.5. The molecule has 4 nitrogen and oxygen atoms in total. The van der Waals surface area contributed by atoms with Crippen molar-refractivity contribution in [3.8, 4) is 17.6 Å². The first-order chi connectivity index (χ1) is 16.7. The zero-order chi connectivity index (χ0) is 23.3. The van der Waals surface area contributed by atoms with Crippen LogP contribution in [0.5, 0.6) is 5.75 Å². The number of aryl methyl sites for hydroxylation is 1. The summed E-state index contributed by atoms with van der Waals surface area (Å²) in [5.41, 5.74) is 6.31. The van der Waals surface area contributed by atoms with Crippen LogP contribution in [0, 0.1) is 18.8 Å². The molecule has 3 aromatic rings. The Bertz CT molecular complexity index is 1270. The fourth-order valence-electron chi connectivity index (χ4n) is 5.19. The van der Waals surface area contributed by atoms with Gasteiger partial charge in [-0.05, 0) is 89.0 Å². The van der Waals surface area contributed by atoms with E-state index in [1.54, 1.807) is 5.56 Å². The number of benzene rings is 2. The molecule has 1 aliphatic carbocycles. The minimum atomic E-state index is 0. The highest BCUT2D eigenvalue weighted by molar-refractivity contribution is 7.59. The van der Waals surface area contributed by atoms with Crippen LogP contribution in [0.25, 0.3) is 10.1 Å². The molecule has 0 spiro atoms. The van der Waals surface area contributed by atoms with Crippen molar-refractivity contribution in [1.29, 1.82) is 0 Å². The smallest absolute Gasteiger partial charge is 0.119 e. The molecule has 0 unspecified atom stereocenters. The molecule has 182 valence electrons. The summed E-state index contributed by atoms with van der Waals surface area (Å²) in [6.45, 7) is 5.26. The van der Waals surface area contributed by atoms with Crippen molar-refractivity contribution in [2.75, 3.05) is 6.54 Å². The topological polar surface area (TPSA) is 46.3 Å². The van der Waals surface area contributed by atoms with Crippen LogP contribution in [0.1, 0.15) is 79.5 Å². The molecule has 6 heteroatoms. The maximum absolute atomic E-state index is 6.20. The van der Waals surface area contributed by atoms with Gasteiger partial charge in [0, 0.05) is 11.1 Å². The number of hydrogen-bond donors (Lipinski definition) is 0. The first-order valence-corrected chi connectivity index (χ1v) is 13.2. The van der Waals surface area contributed by atoms with Gasteiger partial charge >= 0.3 is 0 Å². The lowest BCUT2D eigenvalue weighted by Crippen LogP contribution is -2.07. The second-order valence-electron chi connectivity index (χ2n) is 9.38. The van der Waals surface area contributed by atoms with E-state index in [0.29, 0.717) is 13.2 Å². The van der Waals surface area contributed by atoms with Crippen molar-refractivity contribution in [2.24, 2.45) is 15.4 Å². The number of nitrogens with zero attached hydrogens (tertiary/aromatic N) is 3. The van der Waals surface area contributed by atoms with Crippen LogP contribution in [-0.2, 0) is 6.61 Å². The third kappa shape index (κ3) is 5.97. The normalized spacial score (nSPS) is 16.3. The Labute approximate surface area is 219 Å². The van der Waals surface area contributed by atoms with Gasteiger partial charge in [0.25, 0.3) is 0 Å². The second-order valence-corrected chi connectivity index (χ2v) is 10.3. The number of thiophene rings is 1. The molecule has 1 saturated carbocycles. The van der Waals surface area contributed by atoms with Gasteiger partial charge in [-0.2, -0.15) is 18.6 Å². The molecular weight excluding hydrogens is 470 g/mol. The van der Waals surface area contributed by atoms with Gasteiger partial charge in [-0.3, -0.25) is 0 Å². The van der Waals surface area contributed by atoms with E-state index in [2.05, 4.69) is 63.8 Å². The molecule has 2 heterocycles. The first-order valence-electron chi connectivity index (χ1n) is 12.3. The summed E-state index contributed by atoms with van der Waals surface area (Å²) >= 11 is 1.90. The van der Waals surface area contributed by atoms with E-state index in [1.165, 1.54) is 58.9 Å². The molecule has 0 amide bonds. The molecule has 5 rings (SSSR count). The molecule has 1 fully saturated rings. The Hall–Kier alpha value is -2.62. The Morgan fingerprint density at radius 1 is 1.11 bits per heavy atom. The highest BCUT2D eigenvalue weighted by Gasteiger charge is 2.20. The minimum absolute atomic E-state index is 0. The molecule has 0 N–H and O–H groups in total. The molecule has 0 saturated heterocycles. The average molecular weight is 504 g/mol. The summed E-state index contributed by atoms with van der Waals surface area (Å²) in [4.78, 5) is 0. The van der Waals surface area contributed by atoms with Crippen molar-refractivity contribution >= 4 is 40.6 Å². The predicted molar refractivity (Wildman–Crippen MR) is 152 cm³/mol. The SMILES string of the molecule is CC#C[C@@H](CC1=NN=NC1)c1ccc(OCc2cc(C)c3scc(C4CCCCC4)c3c2)cc1.S. The van der Waals surface area contributed by atoms with Gasteiger partial charge < -0.3 is 4.74 Å². The Morgan fingerprint density at radius 2 is 1.91 bits per heavy atom. The zero-order valence-corrected chi connectivity index (χ0v) is 22.3. The molecule has 1 aromatic heterocycles. The molecule has 1 atom stereocenters. The van der Waals surface area contributed by atoms with Crippen molar-refractivity contribution in [3.63, 3.8) is 0 Å². The summed E-state index contributed by atoms with van der Waals surface area (Å²) < 4.78 is 7.63. The maximum Gasteiger partial charge on any atom is 0.119 e. The molecule has 35 heavy (non-hydrogen) atoms. The van der Waals surface area contributed by atoms with Crippen LogP contribution < -0.4 is 4.74 Å². The van der Waals surface area contributed by atoms with Gasteiger partial charge in [0.2, 0.25) is 0 Å². The van der Waals surface area contributed by atoms with E-state index in [-0.39, 0.29) is 19.4 Å². The Kier molecular flexibility index (Phi) is 8.64. The fraction of sp³-hybridized carbons (Fsp3) is 0.414.